The second kappa shape index (κ2) is 7.83. The van der Waals surface area contributed by atoms with Gasteiger partial charge in [0.15, 0.2) is 5.65 Å². The molecule has 0 aromatic carbocycles. The van der Waals surface area contributed by atoms with Crippen LogP contribution in [-0.2, 0) is 18.4 Å². The minimum atomic E-state index is -0.134. The highest BCUT2D eigenvalue weighted by Crippen LogP contribution is 2.35. The van der Waals surface area contributed by atoms with Crippen molar-refractivity contribution in [3.63, 3.8) is 0 Å². The van der Waals surface area contributed by atoms with E-state index in [1.807, 2.05) is 17.0 Å². The lowest BCUT2D eigenvalue weighted by Crippen LogP contribution is -2.49. The number of aliphatic imine (C=N–C) groups is 1. The Morgan fingerprint density at radius 3 is 2.68 bits per heavy atom. The number of imidazole rings is 1. The number of hydrogen-bond acceptors (Lipinski definition) is 7. The SMILES string of the molecule is C=N/C(=C\SN)C(=O)N1CC2CC1CN2c1ccc2c(n1)n(C)c(=O)n2CC(C)(C)C. The number of likely N-dealkylation sites (tertiary alicyclic amines) is 1. The molecule has 9 nitrogen and oxygen atoms in total. The van der Waals surface area contributed by atoms with Crippen LogP contribution in [0.25, 0.3) is 11.2 Å². The fourth-order valence-electron chi connectivity index (χ4n) is 4.61. The van der Waals surface area contributed by atoms with Crippen LogP contribution < -0.4 is 15.7 Å². The Morgan fingerprint density at radius 2 is 2.10 bits per heavy atom. The number of nitrogens with two attached hydrogens (primary N) is 1. The quantitative estimate of drug-likeness (QED) is 0.429. The van der Waals surface area contributed by atoms with Gasteiger partial charge in [0, 0.05) is 32.1 Å². The molecule has 2 unspecified atom stereocenters. The van der Waals surface area contributed by atoms with Crippen LogP contribution in [0.1, 0.15) is 27.2 Å². The molecule has 2 aliphatic rings. The zero-order valence-corrected chi connectivity index (χ0v) is 19.2. The topological polar surface area (TPSA) is 102 Å². The van der Waals surface area contributed by atoms with Gasteiger partial charge in [-0.3, -0.25) is 24.1 Å². The third kappa shape index (κ3) is 3.78. The summed E-state index contributed by atoms with van der Waals surface area (Å²) in [5.74, 6) is 0.705. The lowest BCUT2D eigenvalue weighted by molar-refractivity contribution is -0.128. The van der Waals surface area contributed by atoms with Crippen LogP contribution in [0.2, 0.25) is 0 Å². The molecule has 166 valence electrons. The average Bonchev–Trinajstić information content (AvgIpc) is 3.39. The number of carbonyl (C=O) groups is 1. The Hall–Kier alpha value is -2.59. The number of rotatable bonds is 5. The maximum Gasteiger partial charge on any atom is 0.330 e. The summed E-state index contributed by atoms with van der Waals surface area (Å²) >= 11 is 0.954. The largest absolute Gasteiger partial charge is 0.350 e. The Labute approximate surface area is 185 Å². The Kier molecular flexibility index (Phi) is 5.47. The third-order valence-corrected chi connectivity index (χ3v) is 6.32. The lowest BCUT2D eigenvalue weighted by Gasteiger charge is -2.35. The van der Waals surface area contributed by atoms with Gasteiger partial charge >= 0.3 is 5.69 Å². The number of nitrogens with zero attached hydrogens (tertiary/aromatic N) is 6. The van der Waals surface area contributed by atoms with E-state index >= 15 is 0 Å². The van der Waals surface area contributed by atoms with Gasteiger partial charge in [-0.05, 0) is 30.7 Å². The molecule has 0 spiro atoms. The molecular formula is C21H29N7O2S. The molecule has 2 saturated heterocycles. The predicted molar refractivity (Wildman–Crippen MR) is 125 cm³/mol. The number of aromatic nitrogens is 3. The molecule has 0 aliphatic carbocycles. The maximum absolute atomic E-state index is 12.8. The molecule has 0 saturated carbocycles. The molecule has 2 atom stereocenters. The first kappa shape index (κ1) is 21.6. The summed E-state index contributed by atoms with van der Waals surface area (Å²) < 4.78 is 3.42. The van der Waals surface area contributed by atoms with E-state index in [0.717, 1.165) is 29.7 Å². The molecule has 2 fully saturated rings. The van der Waals surface area contributed by atoms with Crippen molar-refractivity contribution in [2.45, 2.75) is 45.8 Å². The number of amides is 1. The van der Waals surface area contributed by atoms with E-state index in [2.05, 4.69) is 37.4 Å². The fraction of sp³-hybridized carbons (Fsp3) is 0.524. The molecule has 2 N–H and O–H groups in total. The van der Waals surface area contributed by atoms with Gasteiger partial charge < -0.3 is 9.80 Å². The number of piperazine rings is 1. The molecule has 0 radical (unpaired) electrons. The molecule has 2 bridgehead atoms. The highest BCUT2D eigenvalue weighted by atomic mass is 32.2. The Balaban J connectivity index is 1.59. The number of fused-ring (bicyclic) bond motifs is 3. The fourth-order valence-corrected chi connectivity index (χ4v) is 4.92. The van der Waals surface area contributed by atoms with Crippen molar-refractivity contribution in [1.82, 2.24) is 19.0 Å². The summed E-state index contributed by atoms with van der Waals surface area (Å²) in [7, 11) is 1.77. The van der Waals surface area contributed by atoms with E-state index in [0.29, 0.717) is 25.3 Å². The molecule has 1 amide bonds. The summed E-state index contributed by atoms with van der Waals surface area (Å²) in [5, 5.41) is 6.98. The number of aryl methyl sites for hydroxylation is 1. The van der Waals surface area contributed by atoms with Crippen molar-refractivity contribution in [1.29, 1.82) is 0 Å². The lowest BCUT2D eigenvalue weighted by atomic mass is 9.97. The van der Waals surface area contributed by atoms with Gasteiger partial charge in [-0.1, -0.05) is 32.7 Å². The molecule has 31 heavy (non-hydrogen) atoms. The molecule has 2 aromatic heterocycles. The van der Waals surface area contributed by atoms with Gasteiger partial charge in [0.2, 0.25) is 0 Å². The number of carbonyl (C=O) groups excluding carboxylic acids is 1. The number of pyridine rings is 1. The van der Waals surface area contributed by atoms with Crippen LogP contribution in [0.5, 0.6) is 0 Å². The van der Waals surface area contributed by atoms with Crippen LogP contribution in [0.15, 0.2) is 33.0 Å². The van der Waals surface area contributed by atoms with Crippen LogP contribution in [0.4, 0.5) is 5.82 Å². The zero-order valence-electron chi connectivity index (χ0n) is 18.4. The van der Waals surface area contributed by atoms with Crippen molar-refractivity contribution in [3.05, 3.63) is 33.7 Å². The van der Waals surface area contributed by atoms with Gasteiger partial charge in [-0.2, -0.15) is 0 Å². The first-order valence-corrected chi connectivity index (χ1v) is 11.2. The Bertz CT molecular complexity index is 1130. The monoisotopic (exact) mass is 443 g/mol. The smallest absolute Gasteiger partial charge is 0.330 e. The maximum atomic E-state index is 12.8. The second-order valence-electron chi connectivity index (χ2n) is 9.45. The minimum Gasteiger partial charge on any atom is -0.350 e. The number of anilines is 1. The van der Waals surface area contributed by atoms with Gasteiger partial charge in [0.25, 0.3) is 5.91 Å². The van der Waals surface area contributed by atoms with E-state index < -0.39 is 0 Å². The summed E-state index contributed by atoms with van der Waals surface area (Å²) in [4.78, 5) is 38.3. The van der Waals surface area contributed by atoms with Gasteiger partial charge in [0.05, 0.1) is 17.6 Å². The molecule has 4 heterocycles. The van der Waals surface area contributed by atoms with Crippen LogP contribution >= 0.6 is 11.9 Å². The van der Waals surface area contributed by atoms with Gasteiger partial charge in [-0.15, -0.1) is 0 Å². The van der Waals surface area contributed by atoms with E-state index in [1.165, 1.54) is 5.41 Å². The van der Waals surface area contributed by atoms with E-state index in [-0.39, 0.29) is 34.8 Å². The van der Waals surface area contributed by atoms with Crippen molar-refractivity contribution in [2.75, 3.05) is 18.0 Å². The van der Waals surface area contributed by atoms with Crippen molar-refractivity contribution >= 4 is 41.6 Å². The third-order valence-electron chi connectivity index (χ3n) is 5.96. The Morgan fingerprint density at radius 1 is 1.35 bits per heavy atom. The second-order valence-corrected chi connectivity index (χ2v) is 9.96. The van der Waals surface area contributed by atoms with Gasteiger partial charge in [-0.25, -0.2) is 9.78 Å². The first-order chi connectivity index (χ1) is 14.6. The van der Waals surface area contributed by atoms with E-state index in [9.17, 15) is 9.59 Å². The van der Waals surface area contributed by atoms with Gasteiger partial charge in [0.1, 0.15) is 11.5 Å². The van der Waals surface area contributed by atoms with E-state index in [4.69, 9.17) is 10.1 Å². The predicted octanol–water partition coefficient (Wildman–Crippen LogP) is 1.72. The molecule has 10 heteroatoms. The van der Waals surface area contributed by atoms with Crippen molar-refractivity contribution in [3.8, 4) is 0 Å². The van der Waals surface area contributed by atoms with Crippen LogP contribution in [0, 0.1) is 5.41 Å². The molecule has 2 aromatic rings. The van der Waals surface area contributed by atoms with Crippen molar-refractivity contribution < 1.29 is 4.79 Å². The molecule has 4 rings (SSSR count). The highest BCUT2D eigenvalue weighted by molar-refractivity contribution is 8.00. The highest BCUT2D eigenvalue weighted by Gasteiger charge is 2.46. The first-order valence-electron chi connectivity index (χ1n) is 10.3. The zero-order chi connectivity index (χ0) is 22.5. The standard InChI is InChI=1S/C21H29N7O2S/c1-21(2,3)12-28-16-6-7-17(24-18(16)25(5)20(28)30)26-9-14-8-13(26)10-27(14)19(29)15(23-4)11-31-22/h6-7,11,13-14H,4,8-10,12,22H2,1-3,5H3/b15-11-. The minimum absolute atomic E-state index is 0.0170. The summed E-state index contributed by atoms with van der Waals surface area (Å²) in [6.07, 6.45) is 0.885. The van der Waals surface area contributed by atoms with Crippen molar-refractivity contribution in [2.24, 2.45) is 22.6 Å². The molecular weight excluding hydrogens is 414 g/mol. The average molecular weight is 444 g/mol. The number of hydrogen-bond donors (Lipinski definition) is 1. The van der Waals surface area contributed by atoms with Crippen LogP contribution in [0.3, 0.4) is 0 Å². The summed E-state index contributed by atoms with van der Waals surface area (Å²) in [6, 6.07) is 4.25. The summed E-state index contributed by atoms with van der Waals surface area (Å²) in [5.41, 5.74) is 1.74. The molecule has 2 aliphatic heterocycles. The van der Waals surface area contributed by atoms with Crippen LogP contribution in [-0.4, -0.2) is 56.8 Å². The van der Waals surface area contributed by atoms with E-state index in [1.54, 1.807) is 16.2 Å². The summed E-state index contributed by atoms with van der Waals surface area (Å²) in [6.45, 7) is 11.8. The normalized spacial score (nSPS) is 21.4.